The second-order valence-electron chi connectivity index (χ2n) is 4.76. The topological polar surface area (TPSA) is 88.4 Å². The van der Waals surface area contributed by atoms with Crippen molar-refractivity contribution in [3.63, 3.8) is 0 Å². The van der Waals surface area contributed by atoms with E-state index in [0.717, 1.165) is 6.54 Å². The lowest BCUT2D eigenvalue weighted by molar-refractivity contribution is 0.536. The Labute approximate surface area is 135 Å². The predicted octanol–water partition coefficient (Wildman–Crippen LogP) is 1.49. The van der Waals surface area contributed by atoms with Gasteiger partial charge in [0.1, 0.15) is 5.58 Å². The fourth-order valence-electron chi connectivity index (χ4n) is 1.96. The van der Waals surface area contributed by atoms with E-state index in [-0.39, 0.29) is 23.3 Å². The summed E-state index contributed by atoms with van der Waals surface area (Å²) in [7, 11) is -3.59. The third-order valence-electron chi connectivity index (χ3n) is 3.03. The van der Waals surface area contributed by atoms with E-state index in [1.165, 1.54) is 24.3 Å². The molecule has 1 aromatic carbocycles. The summed E-state index contributed by atoms with van der Waals surface area (Å²) in [6.45, 7) is 4.94. The number of rotatable bonds is 6. The van der Waals surface area contributed by atoms with Gasteiger partial charge in [0.25, 0.3) is 0 Å². The van der Waals surface area contributed by atoms with Crippen LogP contribution in [0, 0.1) is 0 Å². The summed E-state index contributed by atoms with van der Waals surface area (Å²) < 4.78 is 32.0. The van der Waals surface area contributed by atoms with Gasteiger partial charge in [0.05, 0.1) is 4.90 Å². The molecule has 1 aromatic heterocycles. The molecule has 0 spiro atoms. The standard InChI is InChI=1S/C14H18N2O4S.ClH/c1-3-15-10(2)9-16-21(18,19)12-5-6-13-11(8-12)4-7-14(17)20-13;/h4-8,10,15-16H,3,9H2,1-2H3;1H/t10-;/m1./s1. The molecule has 0 fully saturated rings. The van der Waals surface area contributed by atoms with Crippen LogP contribution < -0.4 is 15.7 Å². The zero-order valence-electron chi connectivity index (χ0n) is 12.3. The first-order valence-corrected chi connectivity index (χ1v) is 8.17. The molecule has 2 rings (SSSR count). The Kier molecular flexibility index (Phi) is 6.55. The van der Waals surface area contributed by atoms with Gasteiger partial charge in [0.15, 0.2) is 0 Å². The molecule has 6 nitrogen and oxygen atoms in total. The number of hydrogen-bond donors (Lipinski definition) is 2. The Hall–Kier alpha value is -1.41. The van der Waals surface area contributed by atoms with Crippen LogP contribution in [0.3, 0.4) is 0 Å². The van der Waals surface area contributed by atoms with Crippen molar-refractivity contribution in [1.82, 2.24) is 10.0 Å². The van der Waals surface area contributed by atoms with Crippen LogP contribution in [0.5, 0.6) is 0 Å². The maximum absolute atomic E-state index is 12.2. The summed E-state index contributed by atoms with van der Waals surface area (Å²) in [5.41, 5.74) is -0.0989. The lowest BCUT2D eigenvalue weighted by Crippen LogP contribution is -2.38. The van der Waals surface area contributed by atoms with E-state index in [1.807, 2.05) is 13.8 Å². The van der Waals surface area contributed by atoms with Crippen molar-refractivity contribution in [2.75, 3.05) is 13.1 Å². The second kappa shape index (κ2) is 7.73. The molecule has 0 radical (unpaired) electrons. The average molecular weight is 347 g/mol. The first kappa shape index (κ1) is 18.6. The van der Waals surface area contributed by atoms with Crippen molar-refractivity contribution in [2.45, 2.75) is 24.8 Å². The third kappa shape index (κ3) is 4.54. The molecule has 0 amide bonds. The number of likely N-dealkylation sites (N-methyl/N-ethyl adjacent to an activating group) is 1. The Balaban J connectivity index is 0.00000242. The fourth-order valence-corrected chi connectivity index (χ4v) is 3.12. The Bertz CT molecular complexity index is 789. The van der Waals surface area contributed by atoms with Crippen molar-refractivity contribution >= 4 is 33.4 Å². The highest BCUT2D eigenvalue weighted by atomic mass is 35.5. The summed E-state index contributed by atoms with van der Waals surface area (Å²) in [6, 6.07) is 7.24. The molecule has 0 unspecified atom stereocenters. The van der Waals surface area contributed by atoms with E-state index >= 15 is 0 Å². The lowest BCUT2D eigenvalue weighted by Gasteiger charge is -2.13. The maximum atomic E-state index is 12.2. The quantitative estimate of drug-likeness (QED) is 0.774. The van der Waals surface area contributed by atoms with Crippen LogP contribution in [0.2, 0.25) is 0 Å². The highest BCUT2D eigenvalue weighted by molar-refractivity contribution is 7.89. The number of fused-ring (bicyclic) bond motifs is 1. The Morgan fingerprint density at radius 1 is 1.23 bits per heavy atom. The summed E-state index contributed by atoms with van der Waals surface area (Å²) >= 11 is 0. The SMILES string of the molecule is CCN[C@H](C)CNS(=O)(=O)c1ccc2oc(=O)ccc2c1.Cl. The Morgan fingerprint density at radius 2 is 1.95 bits per heavy atom. The normalized spacial score (nSPS) is 12.8. The maximum Gasteiger partial charge on any atom is 0.336 e. The minimum atomic E-state index is -3.59. The summed E-state index contributed by atoms with van der Waals surface area (Å²) in [6.07, 6.45) is 0. The van der Waals surface area contributed by atoms with E-state index in [9.17, 15) is 13.2 Å². The van der Waals surface area contributed by atoms with Gasteiger partial charge in [-0.05, 0) is 37.7 Å². The zero-order valence-corrected chi connectivity index (χ0v) is 14.0. The predicted molar refractivity (Wildman–Crippen MR) is 88.1 cm³/mol. The number of hydrogen-bond acceptors (Lipinski definition) is 5. The van der Waals surface area contributed by atoms with Gasteiger partial charge in [-0.25, -0.2) is 17.9 Å². The largest absolute Gasteiger partial charge is 0.423 e. The molecule has 0 bridgehead atoms. The van der Waals surface area contributed by atoms with Gasteiger partial charge >= 0.3 is 5.63 Å². The van der Waals surface area contributed by atoms with Crippen LogP contribution in [0.1, 0.15) is 13.8 Å². The van der Waals surface area contributed by atoms with E-state index in [4.69, 9.17) is 4.42 Å². The molecule has 22 heavy (non-hydrogen) atoms. The van der Waals surface area contributed by atoms with Crippen molar-refractivity contribution in [1.29, 1.82) is 0 Å². The highest BCUT2D eigenvalue weighted by Gasteiger charge is 2.15. The Morgan fingerprint density at radius 3 is 2.64 bits per heavy atom. The zero-order chi connectivity index (χ0) is 15.5. The minimum Gasteiger partial charge on any atom is -0.423 e. The molecule has 1 atom stereocenters. The van der Waals surface area contributed by atoms with E-state index in [0.29, 0.717) is 17.5 Å². The molecular weight excluding hydrogens is 328 g/mol. The molecule has 0 aliphatic heterocycles. The summed E-state index contributed by atoms with van der Waals surface area (Å²) in [5, 5.41) is 3.70. The first-order valence-electron chi connectivity index (χ1n) is 6.69. The fraction of sp³-hybridized carbons (Fsp3) is 0.357. The van der Waals surface area contributed by atoms with Crippen molar-refractivity contribution in [2.24, 2.45) is 0 Å². The molecule has 0 saturated heterocycles. The molecule has 0 aliphatic carbocycles. The van der Waals surface area contributed by atoms with Gasteiger partial charge in [0, 0.05) is 24.0 Å². The first-order chi connectivity index (χ1) is 9.92. The summed E-state index contributed by atoms with van der Waals surface area (Å²) in [5.74, 6) is 0. The van der Waals surface area contributed by atoms with Crippen LogP contribution >= 0.6 is 12.4 Å². The van der Waals surface area contributed by atoms with Gasteiger partial charge in [-0.3, -0.25) is 0 Å². The van der Waals surface area contributed by atoms with Crippen LogP contribution in [-0.2, 0) is 10.0 Å². The number of benzene rings is 1. The van der Waals surface area contributed by atoms with E-state index in [1.54, 1.807) is 6.07 Å². The van der Waals surface area contributed by atoms with Gasteiger partial charge < -0.3 is 9.73 Å². The van der Waals surface area contributed by atoms with Crippen LogP contribution in [-0.4, -0.2) is 27.5 Å². The minimum absolute atomic E-state index is 0. The summed E-state index contributed by atoms with van der Waals surface area (Å²) in [4.78, 5) is 11.2. The number of nitrogens with one attached hydrogen (secondary N) is 2. The molecule has 1 heterocycles. The second-order valence-corrected chi connectivity index (χ2v) is 6.53. The van der Waals surface area contributed by atoms with Gasteiger partial charge in [-0.1, -0.05) is 6.92 Å². The van der Waals surface area contributed by atoms with E-state index < -0.39 is 15.6 Å². The molecule has 0 aliphatic rings. The number of sulfonamides is 1. The van der Waals surface area contributed by atoms with Crippen LogP contribution in [0.15, 0.2) is 44.4 Å². The molecule has 0 saturated carbocycles. The van der Waals surface area contributed by atoms with Crippen molar-refractivity contribution in [3.05, 3.63) is 40.8 Å². The smallest absolute Gasteiger partial charge is 0.336 e. The number of halogens is 1. The lowest BCUT2D eigenvalue weighted by atomic mass is 10.2. The third-order valence-corrected chi connectivity index (χ3v) is 4.45. The molecule has 122 valence electrons. The van der Waals surface area contributed by atoms with Crippen molar-refractivity contribution in [3.8, 4) is 0 Å². The van der Waals surface area contributed by atoms with Crippen LogP contribution in [0.25, 0.3) is 11.0 Å². The molecule has 2 N–H and O–H groups in total. The highest BCUT2D eigenvalue weighted by Crippen LogP contribution is 2.17. The van der Waals surface area contributed by atoms with Crippen molar-refractivity contribution < 1.29 is 12.8 Å². The molecule has 8 heteroatoms. The average Bonchev–Trinajstić information content (AvgIpc) is 2.45. The monoisotopic (exact) mass is 346 g/mol. The van der Waals surface area contributed by atoms with Gasteiger partial charge in [-0.2, -0.15) is 0 Å². The van der Waals surface area contributed by atoms with Gasteiger partial charge in [0.2, 0.25) is 10.0 Å². The van der Waals surface area contributed by atoms with E-state index in [2.05, 4.69) is 10.0 Å². The van der Waals surface area contributed by atoms with Gasteiger partial charge in [-0.15, -0.1) is 12.4 Å². The molecule has 2 aromatic rings. The molecular formula is C14H19ClN2O4S. The van der Waals surface area contributed by atoms with Crippen LogP contribution in [0.4, 0.5) is 0 Å².